The van der Waals surface area contributed by atoms with Gasteiger partial charge in [0.25, 0.3) is 11.8 Å². The summed E-state index contributed by atoms with van der Waals surface area (Å²) >= 11 is 0. The van der Waals surface area contributed by atoms with Crippen LogP contribution in [-0.4, -0.2) is 25.0 Å². The summed E-state index contributed by atoms with van der Waals surface area (Å²) in [5.41, 5.74) is 6.59. The molecule has 2 aromatic rings. The summed E-state index contributed by atoms with van der Waals surface area (Å²) in [6, 6.07) is 16.7. The van der Waals surface area contributed by atoms with Crippen LogP contribution in [0, 0.1) is 0 Å². The highest BCUT2D eigenvalue weighted by atomic mass is 16.5. The van der Waals surface area contributed by atoms with Gasteiger partial charge in [-0.25, -0.2) is 0 Å². The molecule has 0 aliphatic heterocycles. The van der Waals surface area contributed by atoms with Crippen molar-refractivity contribution < 1.29 is 14.3 Å². The number of hydrogen-bond donors (Lipinski definition) is 2. The van der Waals surface area contributed by atoms with E-state index >= 15 is 0 Å². The minimum absolute atomic E-state index is 0.240. The van der Waals surface area contributed by atoms with Crippen molar-refractivity contribution in [1.82, 2.24) is 5.32 Å². The lowest BCUT2D eigenvalue weighted by Gasteiger charge is -2.10. The molecule has 0 radical (unpaired) electrons. The number of benzene rings is 2. The molecule has 0 atom stereocenters. The molecule has 5 heteroatoms. The average molecular weight is 298 g/mol. The minimum atomic E-state index is -0.584. The number of carbonyl (C=O) groups is 2. The molecule has 3 N–H and O–H groups in total. The Labute approximate surface area is 129 Å². The standard InChI is InChI=1S/C17H18N2O3/c18-16(20)12-22-15-9-5-4-8-14(15)17(21)19-11-10-13-6-2-1-3-7-13/h1-9H,10-12H2,(H2,18,20)(H,19,21). The van der Waals surface area contributed by atoms with Gasteiger partial charge in [0.2, 0.25) is 0 Å². The van der Waals surface area contributed by atoms with Crippen molar-refractivity contribution in [3.8, 4) is 5.75 Å². The SMILES string of the molecule is NC(=O)COc1ccccc1C(=O)NCCc1ccccc1. The Bertz CT molecular complexity index is 641. The number of carbonyl (C=O) groups excluding carboxylic acids is 2. The predicted molar refractivity (Wildman–Crippen MR) is 83.6 cm³/mol. The van der Waals surface area contributed by atoms with Crippen LogP contribution in [0.15, 0.2) is 54.6 Å². The molecule has 2 aromatic carbocycles. The van der Waals surface area contributed by atoms with E-state index in [1.165, 1.54) is 0 Å². The van der Waals surface area contributed by atoms with Gasteiger partial charge in [0.1, 0.15) is 5.75 Å². The number of hydrogen-bond acceptors (Lipinski definition) is 3. The van der Waals surface area contributed by atoms with Crippen molar-refractivity contribution >= 4 is 11.8 Å². The summed E-state index contributed by atoms with van der Waals surface area (Å²) in [7, 11) is 0. The summed E-state index contributed by atoms with van der Waals surface area (Å²) in [4.78, 5) is 23.0. The number of rotatable bonds is 7. The van der Waals surface area contributed by atoms with E-state index < -0.39 is 5.91 Å². The van der Waals surface area contributed by atoms with Crippen molar-refractivity contribution in [2.75, 3.05) is 13.2 Å². The molecule has 0 spiro atoms. The van der Waals surface area contributed by atoms with Crippen LogP contribution in [0.3, 0.4) is 0 Å². The largest absolute Gasteiger partial charge is 0.483 e. The first kappa shape index (κ1) is 15.6. The number of nitrogens with two attached hydrogens (primary N) is 1. The molecule has 22 heavy (non-hydrogen) atoms. The van der Waals surface area contributed by atoms with Gasteiger partial charge in [-0.2, -0.15) is 0 Å². The van der Waals surface area contributed by atoms with E-state index in [1.807, 2.05) is 30.3 Å². The van der Waals surface area contributed by atoms with Crippen LogP contribution in [0.5, 0.6) is 5.75 Å². The van der Waals surface area contributed by atoms with Gasteiger partial charge in [0.15, 0.2) is 6.61 Å². The predicted octanol–water partition coefficient (Wildman–Crippen LogP) is 1.52. The molecule has 5 nitrogen and oxygen atoms in total. The summed E-state index contributed by atoms with van der Waals surface area (Å²) in [6.07, 6.45) is 0.747. The molecule has 0 fully saturated rings. The van der Waals surface area contributed by atoms with Crippen molar-refractivity contribution in [1.29, 1.82) is 0 Å². The van der Waals surface area contributed by atoms with E-state index in [0.29, 0.717) is 17.9 Å². The molecule has 0 heterocycles. The highest BCUT2D eigenvalue weighted by Crippen LogP contribution is 2.17. The first-order chi connectivity index (χ1) is 10.7. The Balaban J connectivity index is 1.93. The van der Waals surface area contributed by atoms with Crippen LogP contribution < -0.4 is 15.8 Å². The van der Waals surface area contributed by atoms with Crippen LogP contribution in [0.1, 0.15) is 15.9 Å². The molecule has 0 saturated carbocycles. The lowest BCUT2D eigenvalue weighted by Crippen LogP contribution is -2.27. The molecule has 0 aromatic heterocycles. The van der Waals surface area contributed by atoms with E-state index in [0.717, 1.165) is 12.0 Å². The van der Waals surface area contributed by atoms with E-state index in [-0.39, 0.29) is 12.5 Å². The fourth-order valence-electron chi connectivity index (χ4n) is 1.99. The molecule has 0 bridgehead atoms. The third-order valence-electron chi connectivity index (χ3n) is 3.04. The first-order valence-electron chi connectivity index (χ1n) is 6.99. The fourth-order valence-corrected chi connectivity index (χ4v) is 1.99. The molecule has 2 rings (SSSR count). The number of para-hydroxylation sites is 1. The number of amides is 2. The van der Waals surface area contributed by atoms with Crippen LogP contribution in [0.25, 0.3) is 0 Å². The lowest BCUT2D eigenvalue weighted by molar-refractivity contribution is -0.119. The summed E-state index contributed by atoms with van der Waals surface area (Å²) in [5, 5.41) is 2.84. The van der Waals surface area contributed by atoms with Crippen LogP contribution in [0.2, 0.25) is 0 Å². The van der Waals surface area contributed by atoms with Gasteiger partial charge in [-0.05, 0) is 24.1 Å². The molecule has 0 unspecified atom stereocenters. The highest BCUT2D eigenvalue weighted by Gasteiger charge is 2.12. The summed E-state index contributed by atoms with van der Waals surface area (Å²) < 4.78 is 5.25. The van der Waals surface area contributed by atoms with E-state index in [9.17, 15) is 9.59 Å². The van der Waals surface area contributed by atoms with Crippen LogP contribution in [0.4, 0.5) is 0 Å². The monoisotopic (exact) mass is 298 g/mol. The molecule has 0 aliphatic rings. The molecule has 2 amide bonds. The maximum atomic E-state index is 12.2. The quantitative estimate of drug-likeness (QED) is 0.813. The van der Waals surface area contributed by atoms with E-state index in [1.54, 1.807) is 24.3 Å². The van der Waals surface area contributed by atoms with Gasteiger partial charge >= 0.3 is 0 Å². The van der Waals surface area contributed by atoms with Crippen LogP contribution in [-0.2, 0) is 11.2 Å². The maximum Gasteiger partial charge on any atom is 0.255 e. The van der Waals surface area contributed by atoms with Gasteiger partial charge in [0.05, 0.1) is 5.56 Å². The number of ether oxygens (including phenoxy) is 1. The third kappa shape index (κ3) is 4.63. The van der Waals surface area contributed by atoms with E-state index in [2.05, 4.69) is 5.32 Å². The zero-order chi connectivity index (χ0) is 15.8. The molecular formula is C17H18N2O3. The Hall–Kier alpha value is -2.82. The molecule has 114 valence electrons. The zero-order valence-corrected chi connectivity index (χ0v) is 12.1. The van der Waals surface area contributed by atoms with Gasteiger partial charge in [-0.1, -0.05) is 42.5 Å². The Morgan fingerprint density at radius 3 is 2.41 bits per heavy atom. The molecule has 0 aliphatic carbocycles. The van der Waals surface area contributed by atoms with E-state index in [4.69, 9.17) is 10.5 Å². The van der Waals surface area contributed by atoms with Crippen molar-refractivity contribution in [3.63, 3.8) is 0 Å². The van der Waals surface area contributed by atoms with Gasteiger partial charge in [-0.15, -0.1) is 0 Å². The fraction of sp³-hybridized carbons (Fsp3) is 0.176. The Kier molecular flexibility index (Phi) is 5.54. The van der Waals surface area contributed by atoms with Gasteiger partial charge in [-0.3, -0.25) is 9.59 Å². The molecular weight excluding hydrogens is 280 g/mol. The second kappa shape index (κ2) is 7.83. The number of nitrogens with one attached hydrogen (secondary N) is 1. The van der Waals surface area contributed by atoms with Gasteiger partial charge < -0.3 is 15.8 Å². The Morgan fingerprint density at radius 1 is 1.00 bits per heavy atom. The van der Waals surface area contributed by atoms with Crippen molar-refractivity contribution in [2.45, 2.75) is 6.42 Å². The molecule has 0 saturated heterocycles. The number of primary amides is 1. The smallest absolute Gasteiger partial charge is 0.255 e. The van der Waals surface area contributed by atoms with Gasteiger partial charge in [0, 0.05) is 6.54 Å². The third-order valence-corrected chi connectivity index (χ3v) is 3.04. The summed E-state index contributed by atoms with van der Waals surface area (Å²) in [5.74, 6) is -0.478. The summed E-state index contributed by atoms with van der Waals surface area (Å²) in [6.45, 7) is 0.265. The van der Waals surface area contributed by atoms with Crippen molar-refractivity contribution in [2.24, 2.45) is 5.73 Å². The topological polar surface area (TPSA) is 81.4 Å². The maximum absolute atomic E-state index is 12.2. The normalized spacial score (nSPS) is 10.0. The highest BCUT2D eigenvalue weighted by molar-refractivity contribution is 5.97. The van der Waals surface area contributed by atoms with Crippen molar-refractivity contribution in [3.05, 3.63) is 65.7 Å². The minimum Gasteiger partial charge on any atom is -0.483 e. The first-order valence-corrected chi connectivity index (χ1v) is 6.99. The second-order valence-corrected chi connectivity index (χ2v) is 4.74. The average Bonchev–Trinajstić information content (AvgIpc) is 2.54. The van der Waals surface area contributed by atoms with Crippen LogP contribution >= 0.6 is 0 Å². The Morgan fingerprint density at radius 2 is 1.68 bits per heavy atom. The zero-order valence-electron chi connectivity index (χ0n) is 12.1. The lowest BCUT2D eigenvalue weighted by atomic mass is 10.1. The second-order valence-electron chi connectivity index (χ2n) is 4.74.